The zero-order chi connectivity index (χ0) is 27.6. The maximum absolute atomic E-state index is 13.7. The third-order valence-corrected chi connectivity index (χ3v) is 8.95. The number of benzene rings is 2. The smallest absolute Gasteiger partial charge is 0.417 e. The van der Waals surface area contributed by atoms with Crippen molar-refractivity contribution in [3.8, 4) is 0 Å². The van der Waals surface area contributed by atoms with Crippen LogP contribution in [0.1, 0.15) is 45.6 Å². The Bertz CT molecular complexity index is 1340. The third kappa shape index (κ3) is 7.02. The highest BCUT2D eigenvalue weighted by Gasteiger charge is 2.39. The maximum atomic E-state index is 13.7. The van der Waals surface area contributed by atoms with Crippen LogP contribution in [0.25, 0.3) is 0 Å². The molecule has 1 fully saturated rings. The van der Waals surface area contributed by atoms with E-state index in [4.69, 9.17) is 4.74 Å². The molecule has 0 bridgehead atoms. The second-order valence-electron chi connectivity index (χ2n) is 9.63. The summed E-state index contributed by atoms with van der Waals surface area (Å²) in [5.41, 5.74) is -2.20. The van der Waals surface area contributed by atoms with Crippen LogP contribution < -0.4 is 4.72 Å². The Morgan fingerprint density at radius 1 is 1.03 bits per heavy atom. The molecule has 0 aromatic heterocycles. The standard InChI is InChI=1S/C24H29F3N2O6S2/c1-23(2,3)35-22(30)29-15-7-8-17(29)13-14-28-37(33,34)21-16-19(11-12-20(21)24(25,26)27)36(31,32)18-9-5-4-6-10-18/h4-6,9-12,16-17,28H,7-8,13-15H2,1-3H3/t17-/m1/s1. The lowest BCUT2D eigenvalue weighted by Crippen LogP contribution is -2.41. The Balaban J connectivity index is 1.84. The Morgan fingerprint density at radius 2 is 1.68 bits per heavy atom. The van der Waals surface area contributed by atoms with Crippen molar-refractivity contribution in [2.24, 2.45) is 0 Å². The summed E-state index contributed by atoms with van der Waals surface area (Å²) in [5, 5.41) is 0. The van der Waals surface area contributed by atoms with Crippen LogP contribution in [0.3, 0.4) is 0 Å². The highest BCUT2D eigenvalue weighted by atomic mass is 32.2. The molecule has 0 aliphatic carbocycles. The van der Waals surface area contributed by atoms with Gasteiger partial charge in [0.25, 0.3) is 0 Å². The predicted molar refractivity (Wildman–Crippen MR) is 129 cm³/mol. The van der Waals surface area contributed by atoms with Crippen molar-refractivity contribution in [3.05, 3.63) is 54.1 Å². The number of carbonyl (C=O) groups excluding carboxylic acids is 1. The van der Waals surface area contributed by atoms with Gasteiger partial charge in [0.05, 0.1) is 20.2 Å². The van der Waals surface area contributed by atoms with Crippen molar-refractivity contribution < 1.29 is 39.5 Å². The number of halogens is 3. The van der Waals surface area contributed by atoms with E-state index < -0.39 is 53.1 Å². The van der Waals surface area contributed by atoms with Gasteiger partial charge < -0.3 is 9.64 Å². The monoisotopic (exact) mass is 562 g/mol. The summed E-state index contributed by atoms with van der Waals surface area (Å²) in [6, 6.07) is 8.33. The van der Waals surface area contributed by atoms with Crippen LogP contribution in [-0.2, 0) is 30.8 Å². The van der Waals surface area contributed by atoms with Crippen LogP contribution in [0.2, 0.25) is 0 Å². The van der Waals surface area contributed by atoms with Crippen LogP contribution in [-0.4, -0.2) is 52.6 Å². The minimum Gasteiger partial charge on any atom is -0.444 e. The number of carbonyl (C=O) groups is 1. The van der Waals surface area contributed by atoms with E-state index in [0.717, 1.165) is 6.07 Å². The maximum Gasteiger partial charge on any atom is 0.417 e. The molecule has 37 heavy (non-hydrogen) atoms. The molecule has 1 amide bonds. The molecule has 0 radical (unpaired) electrons. The molecule has 1 atom stereocenters. The van der Waals surface area contributed by atoms with E-state index in [9.17, 15) is 34.8 Å². The first-order valence-corrected chi connectivity index (χ1v) is 14.5. The normalized spacial score (nSPS) is 17.1. The lowest BCUT2D eigenvalue weighted by Gasteiger charge is -2.28. The summed E-state index contributed by atoms with van der Waals surface area (Å²) in [6.45, 7) is 5.31. The van der Waals surface area contributed by atoms with Crippen molar-refractivity contribution in [1.82, 2.24) is 9.62 Å². The number of alkyl halides is 3. The van der Waals surface area contributed by atoms with Gasteiger partial charge in [0.2, 0.25) is 19.9 Å². The highest BCUT2D eigenvalue weighted by Crippen LogP contribution is 2.36. The predicted octanol–water partition coefficient (Wildman–Crippen LogP) is 4.61. The van der Waals surface area contributed by atoms with E-state index in [1.54, 1.807) is 26.8 Å². The van der Waals surface area contributed by atoms with Gasteiger partial charge in [-0.3, -0.25) is 0 Å². The van der Waals surface area contributed by atoms with E-state index in [0.29, 0.717) is 31.5 Å². The Hall–Kier alpha value is -2.64. The Labute approximate surface area is 214 Å². The highest BCUT2D eigenvalue weighted by molar-refractivity contribution is 7.91. The van der Waals surface area contributed by atoms with Gasteiger partial charge in [0, 0.05) is 19.1 Å². The van der Waals surface area contributed by atoms with Gasteiger partial charge in [0.1, 0.15) is 5.60 Å². The average molecular weight is 563 g/mol. The zero-order valence-electron chi connectivity index (χ0n) is 20.6. The van der Waals surface area contributed by atoms with Gasteiger partial charge in [-0.2, -0.15) is 13.2 Å². The second kappa shape index (κ2) is 10.6. The van der Waals surface area contributed by atoms with Crippen LogP contribution in [0, 0.1) is 0 Å². The summed E-state index contributed by atoms with van der Waals surface area (Å²) in [4.78, 5) is 12.0. The van der Waals surface area contributed by atoms with E-state index in [2.05, 4.69) is 4.72 Å². The average Bonchev–Trinajstić information content (AvgIpc) is 3.26. The lowest BCUT2D eigenvalue weighted by molar-refractivity contribution is -0.139. The van der Waals surface area contributed by atoms with Crippen molar-refractivity contribution in [1.29, 1.82) is 0 Å². The summed E-state index contributed by atoms with van der Waals surface area (Å²) >= 11 is 0. The van der Waals surface area contributed by atoms with E-state index in [1.807, 2.05) is 0 Å². The number of likely N-dealkylation sites (tertiary alicyclic amines) is 1. The summed E-state index contributed by atoms with van der Waals surface area (Å²) in [7, 11) is -9.03. The fraction of sp³-hybridized carbons (Fsp3) is 0.458. The molecule has 3 rings (SSSR count). The van der Waals surface area contributed by atoms with Crippen LogP contribution in [0.5, 0.6) is 0 Å². The van der Waals surface area contributed by atoms with Crippen LogP contribution in [0.4, 0.5) is 18.0 Å². The molecule has 2 aromatic rings. The molecule has 2 aromatic carbocycles. The minimum atomic E-state index is -5.04. The summed E-state index contributed by atoms with van der Waals surface area (Å²) in [6.07, 6.45) is -4.19. The SMILES string of the molecule is CC(C)(C)OC(=O)N1CCC[C@@H]1CCNS(=O)(=O)c1cc(S(=O)(=O)c2ccccc2)ccc1C(F)(F)F. The first-order chi connectivity index (χ1) is 17.0. The number of sulfonamides is 1. The molecule has 1 aliphatic heterocycles. The first-order valence-electron chi connectivity index (χ1n) is 11.5. The zero-order valence-corrected chi connectivity index (χ0v) is 22.2. The molecule has 0 saturated carbocycles. The molecule has 1 aliphatic rings. The number of amides is 1. The van der Waals surface area contributed by atoms with E-state index >= 15 is 0 Å². The summed E-state index contributed by atoms with van der Waals surface area (Å²) < 4.78 is 100. The molecule has 0 unspecified atom stereocenters. The van der Waals surface area contributed by atoms with Crippen molar-refractivity contribution in [2.75, 3.05) is 13.1 Å². The van der Waals surface area contributed by atoms with E-state index in [1.165, 1.54) is 29.2 Å². The number of ether oxygens (including phenoxy) is 1. The Kier molecular flexibility index (Phi) is 8.30. The van der Waals surface area contributed by atoms with Crippen LogP contribution >= 0.6 is 0 Å². The first kappa shape index (κ1) is 28.9. The van der Waals surface area contributed by atoms with Gasteiger partial charge in [0.15, 0.2) is 0 Å². The molecule has 1 saturated heterocycles. The minimum absolute atomic E-state index is 0.141. The quantitative estimate of drug-likeness (QED) is 0.528. The number of nitrogens with zero attached hydrogens (tertiary/aromatic N) is 1. The van der Waals surface area contributed by atoms with Gasteiger partial charge in [-0.15, -0.1) is 0 Å². The molecule has 0 spiro atoms. The van der Waals surface area contributed by atoms with Gasteiger partial charge in [-0.1, -0.05) is 18.2 Å². The number of rotatable bonds is 7. The van der Waals surface area contributed by atoms with Crippen molar-refractivity contribution in [2.45, 2.75) is 72.5 Å². The number of sulfone groups is 1. The number of hydrogen-bond donors (Lipinski definition) is 1. The number of hydrogen-bond acceptors (Lipinski definition) is 6. The fourth-order valence-corrected chi connectivity index (χ4v) is 6.68. The largest absolute Gasteiger partial charge is 0.444 e. The van der Waals surface area contributed by atoms with Crippen molar-refractivity contribution >= 4 is 26.0 Å². The third-order valence-electron chi connectivity index (χ3n) is 5.69. The molecule has 13 heteroatoms. The molecule has 1 heterocycles. The van der Waals surface area contributed by atoms with Gasteiger partial charge >= 0.3 is 12.3 Å². The number of nitrogens with one attached hydrogen (secondary N) is 1. The van der Waals surface area contributed by atoms with Crippen LogP contribution in [0.15, 0.2) is 63.2 Å². The second-order valence-corrected chi connectivity index (χ2v) is 13.3. The molecule has 204 valence electrons. The van der Waals surface area contributed by atoms with Gasteiger partial charge in [-0.05, 0) is 70.4 Å². The molecular weight excluding hydrogens is 533 g/mol. The Morgan fingerprint density at radius 3 is 2.27 bits per heavy atom. The molecule has 1 N–H and O–H groups in total. The van der Waals surface area contributed by atoms with Gasteiger partial charge in [-0.25, -0.2) is 26.4 Å². The topological polar surface area (TPSA) is 110 Å². The van der Waals surface area contributed by atoms with E-state index in [-0.39, 0.29) is 23.9 Å². The fourth-order valence-electron chi connectivity index (χ4n) is 4.00. The lowest BCUT2D eigenvalue weighted by atomic mass is 10.1. The van der Waals surface area contributed by atoms with Crippen molar-refractivity contribution in [3.63, 3.8) is 0 Å². The molecule has 8 nitrogen and oxygen atoms in total. The summed E-state index contributed by atoms with van der Waals surface area (Å²) in [5.74, 6) is 0. The molecular formula is C24H29F3N2O6S2.